The van der Waals surface area contributed by atoms with Gasteiger partial charge in [-0.1, -0.05) is 23.7 Å². The van der Waals surface area contributed by atoms with E-state index in [1.165, 1.54) is 30.3 Å². The molecule has 2 N–H and O–H groups in total. The van der Waals surface area contributed by atoms with Gasteiger partial charge in [-0.2, -0.15) is 13.2 Å². The lowest BCUT2D eigenvalue weighted by atomic mass is 10.1. The number of rotatable bonds is 6. The van der Waals surface area contributed by atoms with Crippen molar-refractivity contribution in [3.63, 3.8) is 0 Å². The van der Waals surface area contributed by atoms with Gasteiger partial charge in [-0.25, -0.2) is 4.39 Å². The van der Waals surface area contributed by atoms with Crippen molar-refractivity contribution in [1.82, 2.24) is 0 Å². The molecule has 3 aromatic rings. The highest BCUT2D eigenvalue weighted by atomic mass is 35.5. The number of nitrogens with one attached hydrogen (secondary N) is 2. The summed E-state index contributed by atoms with van der Waals surface area (Å²) in [6.07, 6.45) is -4.82. The highest BCUT2D eigenvalue weighted by molar-refractivity contribution is 6.32. The van der Waals surface area contributed by atoms with Crippen molar-refractivity contribution in [2.45, 2.75) is 6.18 Å². The molecule has 32 heavy (non-hydrogen) atoms. The minimum absolute atomic E-state index is 0.0639. The van der Waals surface area contributed by atoms with E-state index in [-0.39, 0.29) is 22.0 Å². The Labute approximate surface area is 185 Å². The molecule has 2 amide bonds. The van der Waals surface area contributed by atoms with Gasteiger partial charge in [-0.15, -0.1) is 0 Å². The van der Waals surface area contributed by atoms with E-state index in [2.05, 4.69) is 10.6 Å². The van der Waals surface area contributed by atoms with E-state index < -0.39 is 41.7 Å². The van der Waals surface area contributed by atoms with Crippen LogP contribution in [0.3, 0.4) is 0 Å². The molecule has 5 nitrogen and oxygen atoms in total. The first-order chi connectivity index (χ1) is 15.1. The maximum Gasteiger partial charge on any atom is 0.418 e. The largest absolute Gasteiger partial charge is 0.482 e. The van der Waals surface area contributed by atoms with Gasteiger partial charge in [0.15, 0.2) is 6.61 Å². The van der Waals surface area contributed by atoms with Crippen LogP contribution in [0.2, 0.25) is 5.02 Å². The minimum atomic E-state index is -4.82. The molecule has 166 valence electrons. The number of carbonyl (C=O) groups is 2. The van der Waals surface area contributed by atoms with Crippen LogP contribution in [0.4, 0.5) is 28.9 Å². The predicted molar refractivity (Wildman–Crippen MR) is 111 cm³/mol. The molecule has 0 bridgehead atoms. The van der Waals surface area contributed by atoms with E-state index in [0.29, 0.717) is 6.07 Å². The first-order valence-corrected chi connectivity index (χ1v) is 9.46. The summed E-state index contributed by atoms with van der Waals surface area (Å²) in [4.78, 5) is 24.3. The van der Waals surface area contributed by atoms with Gasteiger partial charge in [0.2, 0.25) is 0 Å². The zero-order valence-corrected chi connectivity index (χ0v) is 16.9. The molecule has 0 aliphatic heterocycles. The van der Waals surface area contributed by atoms with Crippen LogP contribution in [0.25, 0.3) is 0 Å². The molecular formula is C22H15ClF4N2O3. The molecule has 3 aromatic carbocycles. The lowest BCUT2D eigenvalue weighted by Crippen LogP contribution is -2.22. The first-order valence-electron chi connectivity index (χ1n) is 9.09. The van der Waals surface area contributed by atoms with Gasteiger partial charge < -0.3 is 15.4 Å². The maximum atomic E-state index is 13.5. The Morgan fingerprint density at radius 3 is 2.28 bits per heavy atom. The SMILES string of the molecule is O=C(COc1ccccc1Cl)Nc1ccc(NC(=O)c2ccc(F)cc2)cc1C(F)(F)F. The van der Waals surface area contributed by atoms with Crippen LogP contribution in [0.15, 0.2) is 66.7 Å². The number of hydrogen-bond donors (Lipinski definition) is 2. The number of halogens is 5. The third-order valence-electron chi connectivity index (χ3n) is 4.16. The Hall–Kier alpha value is -3.59. The van der Waals surface area contributed by atoms with Gasteiger partial charge in [0, 0.05) is 11.3 Å². The van der Waals surface area contributed by atoms with Gasteiger partial charge in [-0.05, 0) is 54.6 Å². The number of hydrogen-bond acceptors (Lipinski definition) is 3. The van der Waals surface area contributed by atoms with E-state index in [4.69, 9.17) is 16.3 Å². The van der Waals surface area contributed by atoms with E-state index >= 15 is 0 Å². The molecule has 0 spiro atoms. The summed E-state index contributed by atoms with van der Waals surface area (Å²) >= 11 is 5.91. The molecule has 0 atom stereocenters. The molecule has 0 aliphatic carbocycles. The third kappa shape index (κ3) is 5.98. The first kappa shape index (κ1) is 23.1. The second-order valence-electron chi connectivity index (χ2n) is 6.49. The zero-order chi connectivity index (χ0) is 23.3. The Balaban J connectivity index is 1.73. The van der Waals surface area contributed by atoms with Crippen LogP contribution in [-0.2, 0) is 11.0 Å². The van der Waals surface area contributed by atoms with Crippen molar-refractivity contribution in [3.8, 4) is 5.75 Å². The van der Waals surface area contributed by atoms with Gasteiger partial charge in [0.05, 0.1) is 16.3 Å². The standard InChI is InChI=1S/C22H15ClF4N2O3/c23-17-3-1-2-4-19(17)32-12-20(30)29-18-10-9-15(11-16(18)22(25,26)27)28-21(31)13-5-7-14(24)8-6-13/h1-11H,12H2,(H,28,31)(H,29,30). The zero-order valence-electron chi connectivity index (χ0n) is 16.2. The van der Waals surface area contributed by atoms with Crippen LogP contribution in [-0.4, -0.2) is 18.4 Å². The highest BCUT2D eigenvalue weighted by Gasteiger charge is 2.34. The smallest absolute Gasteiger partial charge is 0.418 e. The van der Waals surface area contributed by atoms with Gasteiger partial charge in [0.1, 0.15) is 11.6 Å². The molecule has 10 heteroatoms. The number of anilines is 2. The second kappa shape index (κ2) is 9.69. The number of carbonyl (C=O) groups excluding carboxylic acids is 2. The average Bonchev–Trinajstić information content (AvgIpc) is 2.74. The summed E-state index contributed by atoms with van der Waals surface area (Å²) in [7, 11) is 0. The fourth-order valence-corrected chi connectivity index (χ4v) is 2.85. The van der Waals surface area contributed by atoms with Crippen LogP contribution < -0.4 is 15.4 Å². The van der Waals surface area contributed by atoms with Gasteiger partial charge in [-0.3, -0.25) is 9.59 Å². The lowest BCUT2D eigenvalue weighted by Gasteiger charge is -2.16. The molecule has 0 saturated heterocycles. The molecule has 3 rings (SSSR count). The molecule has 0 unspecified atom stereocenters. The Morgan fingerprint density at radius 1 is 0.938 bits per heavy atom. The highest BCUT2D eigenvalue weighted by Crippen LogP contribution is 2.36. The van der Waals surface area contributed by atoms with Crippen LogP contribution >= 0.6 is 11.6 Å². The number of benzene rings is 3. The fourth-order valence-electron chi connectivity index (χ4n) is 2.66. The second-order valence-corrected chi connectivity index (χ2v) is 6.89. The topological polar surface area (TPSA) is 67.4 Å². The summed E-state index contributed by atoms with van der Waals surface area (Å²) < 4.78 is 58.8. The average molecular weight is 467 g/mol. The lowest BCUT2D eigenvalue weighted by molar-refractivity contribution is -0.137. The number of amides is 2. The molecule has 0 fully saturated rings. The van der Waals surface area contributed by atoms with Crippen LogP contribution in [0.5, 0.6) is 5.75 Å². The summed E-state index contributed by atoms with van der Waals surface area (Å²) in [5.74, 6) is -1.90. The van der Waals surface area contributed by atoms with Crippen molar-refractivity contribution in [2.24, 2.45) is 0 Å². The normalized spacial score (nSPS) is 11.0. The Morgan fingerprint density at radius 2 is 1.62 bits per heavy atom. The number of ether oxygens (including phenoxy) is 1. The number of para-hydroxylation sites is 1. The van der Waals surface area contributed by atoms with E-state index in [1.54, 1.807) is 12.1 Å². The van der Waals surface area contributed by atoms with Crippen molar-refractivity contribution in [3.05, 3.63) is 88.7 Å². The van der Waals surface area contributed by atoms with Crippen molar-refractivity contribution in [1.29, 1.82) is 0 Å². The van der Waals surface area contributed by atoms with Crippen LogP contribution in [0, 0.1) is 5.82 Å². The third-order valence-corrected chi connectivity index (χ3v) is 4.47. The summed E-state index contributed by atoms with van der Waals surface area (Å²) in [5, 5.41) is 4.70. The predicted octanol–water partition coefficient (Wildman–Crippen LogP) is 5.77. The van der Waals surface area contributed by atoms with E-state index in [1.807, 2.05) is 0 Å². The minimum Gasteiger partial charge on any atom is -0.482 e. The monoisotopic (exact) mass is 466 g/mol. The Bertz CT molecular complexity index is 1130. The van der Waals surface area contributed by atoms with Crippen molar-refractivity contribution >= 4 is 34.8 Å². The maximum absolute atomic E-state index is 13.5. The molecule has 0 radical (unpaired) electrons. The molecular weight excluding hydrogens is 452 g/mol. The molecule has 0 saturated carbocycles. The van der Waals surface area contributed by atoms with Gasteiger partial charge in [0.25, 0.3) is 11.8 Å². The quantitative estimate of drug-likeness (QED) is 0.453. The number of alkyl halides is 3. The summed E-state index contributed by atoms with van der Waals surface area (Å²) in [6, 6.07) is 13.7. The van der Waals surface area contributed by atoms with Gasteiger partial charge >= 0.3 is 6.18 Å². The van der Waals surface area contributed by atoms with E-state index in [9.17, 15) is 27.2 Å². The molecule has 0 heterocycles. The van der Waals surface area contributed by atoms with Crippen molar-refractivity contribution < 1.29 is 31.9 Å². The van der Waals surface area contributed by atoms with Crippen LogP contribution in [0.1, 0.15) is 15.9 Å². The summed E-state index contributed by atoms with van der Waals surface area (Å²) in [5.41, 5.74) is -1.77. The fraction of sp³-hybridized carbons (Fsp3) is 0.0909. The van der Waals surface area contributed by atoms with Crippen molar-refractivity contribution in [2.75, 3.05) is 17.2 Å². The molecule has 0 aliphatic rings. The molecule has 0 aromatic heterocycles. The summed E-state index contributed by atoms with van der Waals surface area (Å²) in [6.45, 7) is -0.565. The Kier molecular flexibility index (Phi) is 6.99. The van der Waals surface area contributed by atoms with E-state index in [0.717, 1.165) is 18.2 Å².